The molecule has 0 aliphatic carbocycles. The number of β-amino-alcohol motifs (C(OH)–C–C–N with tert-alkyl or cyclic N) is 1. The van der Waals surface area contributed by atoms with E-state index in [0.29, 0.717) is 6.42 Å². The molecule has 1 aliphatic heterocycles. The van der Waals surface area contributed by atoms with Gasteiger partial charge in [0.2, 0.25) is 5.91 Å². The Labute approximate surface area is 84.5 Å². The van der Waals surface area contributed by atoms with E-state index in [0.717, 1.165) is 39.3 Å². The molecular formula is C9H19N3O2. The number of nitrogens with zero attached hydrogens (tertiary/aromatic N) is 2. The van der Waals surface area contributed by atoms with Crippen molar-refractivity contribution in [1.82, 2.24) is 9.80 Å². The first-order chi connectivity index (χ1) is 6.72. The maximum absolute atomic E-state index is 10.6. The van der Waals surface area contributed by atoms with Crippen molar-refractivity contribution in [2.75, 3.05) is 45.9 Å². The Morgan fingerprint density at radius 2 is 1.64 bits per heavy atom. The van der Waals surface area contributed by atoms with Crippen LogP contribution in [0.25, 0.3) is 0 Å². The van der Waals surface area contributed by atoms with Crippen LogP contribution in [0.2, 0.25) is 0 Å². The van der Waals surface area contributed by atoms with Crippen molar-refractivity contribution < 1.29 is 9.90 Å². The maximum Gasteiger partial charge on any atom is 0.218 e. The lowest BCUT2D eigenvalue weighted by Gasteiger charge is -2.34. The van der Waals surface area contributed by atoms with Gasteiger partial charge in [0.15, 0.2) is 0 Å². The number of piperazine rings is 1. The summed E-state index contributed by atoms with van der Waals surface area (Å²) >= 11 is 0. The topological polar surface area (TPSA) is 69.8 Å². The van der Waals surface area contributed by atoms with Crippen LogP contribution in [0, 0.1) is 0 Å². The van der Waals surface area contributed by atoms with E-state index in [1.54, 1.807) is 0 Å². The zero-order valence-corrected chi connectivity index (χ0v) is 8.48. The van der Waals surface area contributed by atoms with Gasteiger partial charge in [-0.2, -0.15) is 0 Å². The van der Waals surface area contributed by atoms with Gasteiger partial charge >= 0.3 is 0 Å². The van der Waals surface area contributed by atoms with E-state index in [1.807, 2.05) is 0 Å². The summed E-state index contributed by atoms with van der Waals surface area (Å²) in [5.41, 5.74) is 5.08. The average molecular weight is 201 g/mol. The van der Waals surface area contributed by atoms with Crippen molar-refractivity contribution in [2.24, 2.45) is 5.73 Å². The molecule has 0 aromatic carbocycles. The molecule has 1 fully saturated rings. The molecule has 5 nitrogen and oxygen atoms in total. The Balaban J connectivity index is 2.12. The molecule has 1 heterocycles. The minimum absolute atomic E-state index is 0.223. The highest BCUT2D eigenvalue weighted by atomic mass is 16.3. The zero-order chi connectivity index (χ0) is 10.4. The second kappa shape index (κ2) is 5.95. The molecule has 0 bridgehead atoms. The van der Waals surface area contributed by atoms with Crippen LogP contribution < -0.4 is 5.73 Å². The Morgan fingerprint density at radius 1 is 1.14 bits per heavy atom. The summed E-state index contributed by atoms with van der Waals surface area (Å²) < 4.78 is 0. The summed E-state index contributed by atoms with van der Waals surface area (Å²) in [6, 6.07) is 0. The van der Waals surface area contributed by atoms with E-state index >= 15 is 0 Å². The second-order valence-electron chi connectivity index (χ2n) is 3.62. The SMILES string of the molecule is NC(=O)CCN1CCN(CCO)CC1. The van der Waals surface area contributed by atoms with Gasteiger partial charge in [-0.15, -0.1) is 0 Å². The van der Waals surface area contributed by atoms with Crippen LogP contribution in [-0.2, 0) is 4.79 Å². The molecule has 0 saturated carbocycles. The smallest absolute Gasteiger partial charge is 0.218 e. The summed E-state index contributed by atoms with van der Waals surface area (Å²) in [6.07, 6.45) is 0.444. The number of amides is 1. The first-order valence-electron chi connectivity index (χ1n) is 5.06. The van der Waals surface area contributed by atoms with Crippen molar-refractivity contribution in [2.45, 2.75) is 6.42 Å². The number of carbonyl (C=O) groups is 1. The number of hydrogen-bond donors (Lipinski definition) is 2. The fourth-order valence-electron chi connectivity index (χ4n) is 1.65. The van der Waals surface area contributed by atoms with Crippen LogP contribution in [0.1, 0.15) is 6.42 Å². The van der Waals surface area contributed by atoms with Gasteiger partial charge in [-0.05, 0) is 0 Å². The van der Waals surface area contributed by atoms with E-state index in [-0.39, 0.29) is 12.5 Å². The highest BCUT2D eigenvalue weighted by Crippen LogP contribution is 2.01. The molecule has 1 aliphatic rings. The number of nitrogens with two attached hydrogens (primary N) is 1. The van der Waals surface area contributed by atoms with Gasteiger partial charge in [0.25, 0.3) is 0 Å². The van der Waals surface area contributed by atoms with Crippen LogP contribution in [-0.4, -0.2) is 66.7 Å². The number of aliphatic hydroxyl groups is 1. The summed E-state index contributed by atoms with van der Waals surface area (Å²) in [7, 11) is 0. The molecule has 5 heteroatoms. The number of aliphatic hydroxyl groups excluding tert-OH is 1. The average Bonchev–Trinajstić information content (AvgIpc) is 2.17. The lowest BCUT2D eigenvalue weighted by Crippen LogP contribution is -2.47. The highest BCUT2D eigenvalue weighted by molar-refractivity contribution is 5.73. The van der Waals surface area contributed by atoms with Crippen molar-refractivity contribution in [1.29, 1.82) is 0 Å². The first kappa shape index (κ1) is 11.4. The number of carbonyl (C=O) groups excluding carboxylic acids is 1. The zero-order valence-electron chi connectivity index (χ0n) is 8.48. The van der Waals surface area contributed by atoms with Gasteiger partial charge in [0.1, 0.15) is 0 Å². The molecule has 3 N–H and O–H groups in total. The molecule has 0 unspecified atom stereocenters. The standard InChI is InChI=1S/C9H19N3O2/c10-9(14)1-2-11-3-5-12(6-4-11)7-8-13/h13H,1-8H2,(H2,10,14). The van der Waals surface area contributed by atoms with Crippen LogP contribution in [0.15, 0.2) is 0 Å². The van der Waals surface area contributed by atoms with Crippen molar-refractivity contribution >= 4 is 5.91 Å². The molecule has 1 saturated heterocycles. The molecule has 0 spiro atoms. The van der Waals surface area contributed by atoms with Gasteiger partial charge in [0, 0.05) is 45.7 Å². The molecule has 1 amide bonds. The molecule has 1 rings (SSSR count). The molecule has 0 atom stereocenters. The van der Waals surface area contributed by atoms with Crippen molar-refractivity contribution in [3.8, 4) is 0 Å². The van der Waals surface area contributed by atoms with Crippen molar-refractivity contribution in [3.05, 3.63) is 0 Å². The fraction of sp³-hybridized carbons (Fsp3) is 0.889. The summed E-state index contributed by atoms with van der Waals surface area (Å²) in [4.78, 5) is 15.0. The number of primary amides is 1. The lowest BCUT2D eigenvalue weighted by molar-refractivity contribution is -0.118. The number of rotatable bonds is 5. The Hall–Kier alpha value is -0.650. The van der Waals surface area contributed by atoms with E-state index in [1.165, 1.54) is 0 Å². The maximum atomic E-state index is 10.6. The fourth-order valence-corrected chi connectivity index (χ4v) is 1.65. The largest absolute Gasteiger partial charge is 0.395 e. The Bertz CT molecular complexity index is 179. The monoisotopic (exact) mass is 201 g/mol. The third-order valence-corrected chi connectivity index (χ3v) is 2.56. The van der Waals surface area contributed by atoms with Crippen LogP contribution in [0.4, 0.5) is 0 Å². The van der Waals surface area contributed by atoms with E-state index in [4.69, 9.17) is 10.8 Å². The normalized spacial score (nSPS) is 19.8. The van der Waals surface area contributed by atoms with Crippen LogP contribution in [0.5, 0.6) is 0 Å². The predicted molar refractivity (Wildman–Crippen MR) is 53.8 cm³/mol. The number of hydrogen-bond acceptors (Lipinski definition) is 4. The van der Waals surface area contributed by atoms with Crippen molar-refractivity contribution in [3.63, 3.8) is 0 Å². The van der Waals surface area contributed by atoms with E-state index in [9.17, 15) is 4.79 Å². The van der Waals surface area contributed by atoms with Gasteiger partial charge in [-0.1, -0.05) is 0 Å². The minimum atomic E-state index is -0.234. The second-order valence-corrected chi connectivity index (χ2v) is 3.62. The summed E-state index contributed by atoms with van der Waals surface area (Å²) in [6.45, 7) is 5.62. The Kier molecular flexibility index (Phi) is 4.86. The first-order valence-corrected chi connectivity index (χ1v) is 5.06. The van der Waals surface area contributed by atoms with Gasteiger partial charge in [0.05, 0.1) is 6.61 Å². The molecule has 82 valence electrons. The molecule has 0 aromatic heterocycles. The minimum Gasteiger partial charge on any atom is -0.395 e. The summed E-state index contributed by atoms with van der Waals surface area (Å²) in [5, 5.41) is 8.74. The third-order valence-electron chi connectivity index (χ3n) is 2.56. The molecular weight excluding hydrogens is 182 g/mol. The van der Waals surface area contributed by atoms with Crippen LogP contribution in [0.3, 0.4) is 0 Å². The lowest BCUT2D eigenvalue weighted by atomic mass is 10.3. The molecule has 14 heavy (non-hydrogen) atoms. The van der Waals surface area contributed by atoms with E-state index < -0.39 is 0 Å². The van der Waals surface area contributed by atoms with Crippen LogP contribution >= 0.6 is 0 Å². The van der Waals surface area contributed by atoms with Gasteiger partial charge in [-0.25, -0.2) is 0 Å². The molecule has 0 radical (unpaired) electrons. The third kappa shape index (κ3) is 4.04. The van der Waals surface area contributed by atoms with Gasteiger partial charge in [-0.3, -0.25) is 9.69 Å². The van der Waals surface area contributed by atoms with Gasteiger partial charge < -0.3 is 15.7 Å². The highest BCUT2D eigenvalue weighted by Gasteiger charge is 2.15. The predicted octanol–water partition coefficient (Wildman–Crippen LogP) is -1.53. The quantitative estimate of drug-likeness (QED) is 0.566. The molecule has 0 aromatic rings. The Morgan fingerprint density at radius 3 is 2.07 bits per heavy atom. The summed E-state index contributed by atoms with van der Waals surface area (Å²) in [5.74, 6) is -0.234. The van der Waals surface area contributed by atoms with E-state index in [2.05, 4.69) is 9.80 Å².